The van der Waals surface area contributed by atoms with Crippen LogP contribution in [0.5, 0.6) is 5.75 Å². The highest BCUT2D eigenvalue weighted by molar-refractivity contribution is 6.30. The second-order valence-corrected chi connectivity index (χ2v) is 5.10. The van der Waals surface area contributed by atoms with Gasteiger partial charge in [0, 0.05) is 11.1 Å². The van der Waals surface area contributed by atoms with Gasteiger partial charge in [0.2, 0.25) is 0 Å². The standard InChI is InChI=1S/C15H13ClN2O6/c1-23-15(20)13-8-11(18(21)22)9-17(14(13)19)5-6-24-12-4-2-3-10(16)7-12/h2-4,7-9H,5-6H2,1H3. The molecule has 0 aliphatic rings. The third-order valence-electron chi connectivity index (χ3n) is 3.08. The number of halogens is 1. The minimum Gasteiger partial charge on any atom is -0.492 e. The molecule has 1 aromatic heterocycles. The predicted octanol–water partition coefficient (Wildman–Crippen LogP) is 2.28. The van der Waals surface area contributed by atoms with Gasteiger partial charge in [0.15, 0.2) is 0 Å². The Kier molecular flexibility index (Phi) is 5.54. The molecule has 0 aliphatic carbocycles. The summed E-state index contributed by atoms with van der Waals surface area (Å²) in [5.41, 5.74) is -1.49. The third-order valence-corrected chi connectivity index (χ3v) is 3.32. The molecule has 1 aromatic carbocycles. The number of aromatic nitrogens is 1. The maximum atomic E-state index is 12.2. The number of pyridine rings is 1. The molecular formula is C15H13ClN2O6. The van der Waals surface area contributed by atoms with Crippen LogP contribution < -0.4 is 10.3 Å². The van der Waals surface area contributed by atoms with Crippen LogP contribution in [0, 0.1) is 10.1 Å². The van der Waals surface area contributed by atoms with E-state index in [0.29, 0.717) is 10.8 Å². The molecule has 0 fully saturated rings. The zero-order valence-corrected chi connectivity index (χ0v) is 13.4. The van der Waals surface area contributed by atoms with Crippen molar-refractivity contribution in [2.45, 2.75) is 6.54 Å². The molecule has 2 rings (SSSR count). The zero-order valence-electron chi connectivity index (χ0n) is 12.6. The molecule has 0 unspecified atom stereocenters. The summed E-state index contributed by atoms with van der Waals surface area (Å²) in [6.07, 6.45) is 1.05. The number of methoxy groups -OCH3 is 1. The summed E-state index contributed by atoms with van der Waals surface area (Å²) in [5, 5.41) is 11.4. The number of hydrogen-bond acceptors (Lipinski definition) is 6. The fourth-order valence-electron chi connectivity index (χ4n) is 1.96. The van der Waals surface area contributed by atoms with Crippen molar-refractivity contribution in [2.75, 3.05) is 13.7 Å². The fourth-order valence-corrected chi connectivity index (χ4v) is 2.14. The van der Waals surface area contributed by atoms with Crippen LogP contribution in [-0.2, 0) is 11.3 Å². The largest absolute Gasteiger partial charge is 0.492 e. The Hall–Kier alpha value is -2.87. The van der Waals surface area contributed by atoms with Crippen LogP contribution in [0.3, 0.4) is 0 Å². The van der Waals surface area contributed by atoms with Gasteiger partial charge >= 0.3 is 5.97 Å². The zero-order chi connectivity index (χ0) is 17.7. The van der Waals surface area contributed by atoms with Gasteiger partial charge in [0.25, 0.3) is 11.2 Å². The molecule has 0 atom stereocenters. The molecule has 0 amide bonds. The molecule has 0 radical (unpaired) electrons. The van der Waals surface area contributed by atoms with Crippen LogP contribution in [0.1, 0.15) is 10.4 Å². The monoisotopic (exact) mass is 352 g/mol. The Bertz CT molecular complexity index is 833. The highest BCUT2D eigenvalue weighted by atomic mass is 35.5. The summed E-state index contributed by atoms with van der Waals surface area (Å²) in [7, 11) is 1.09. The van der Waals surface area contributed by atoms with E-state index in [4.69, 9.17) is 16.3 Å². The van der Waals surface area contributed by atoms with E-state index in [1.165, 1.54) is 0 Å². The van der Waals surface area contributed by atoms with Gasteiger partial charge in [0.1, 0.15) is 17.9 Å². The molecule has 2 aromatic rings. The highest BCUT2D eigenvalue weighted by Gasteiger charge is 2.19. The smallest absolute Gasteiger partial charge is 0.343 e. The Balaban J connectivity index is 2.22. The highest BCUT2D eigenvalue weighted by Crippen LogP contribution is 2.17. The maximum absolute atomic E-state index is 12.2. The fraction of sp³-hybridized carbons (Fsp3) is 0.200. The van der Waals surface area contributed by atoms with E-state index in [1.807, 2.05) is 0 Å². The molecule has 0 saturated heterocycles. The molecule has 9 heteroatoms. The normalized spacial score (nSPS) is 10.2. The Morgan fingerprint density at radius 1 is 1.38 bits per heavy atom. The second-order valence-electron chi connectivity index (χ2n) is 4.67. The topological polar surface area (TPSA) is 101 Å². The van der Waals surface area contributed by atoms with Gasteiger partial charge in [-0.25, -0.2) is 4.79 Å². The quantitative estimate of drug-likeness (QED) is 0.449. The van der Waals surface area contributed by atoms with Crippen molar-refractivity contribution in [2.24, 2.45) is 0 Å². The summed E-state index contributed by atoms with van der Waals surface area (Å²) >= 11 is 5.83. The van der Waals surface area contributed by atoms with Crippen molar-refractivity contribution in [3.8, 4) is 5.75 Å². The average Bonchev–Trinajstić information content (AvgIpc) is 2.55. The number of ether oxygens (including phenoxy) is 2. The predicted molar refractivity (Wildman–Crippen MR) is 85.6 cm³/mol. The number of carbonyl (C=O) groups is 1. The van der Waals surface area contributed by atoms with Crippen LogP contribution in [0.4, 0.5) is 5.69 Å². The van der Waals surface area contributed by atoms with Crippen LogP contribution in [0.15, 0.2) is 41.3 Å². The van der Waals surface area contributed by atoms with E-state index in [9.17, 15) is 19.7 Å². The maximum Gasteiger partial charge on any atom is 0.343 e. The molecule has 0 spiro atoms. The van der Waals surface area contributed by atoms with Gasteiger partial charge in [-0.3, -0.25) is 14.9 Å². The first kappa shape index (κ1) is 17.5. The van der Waals surface area contributed by atoms with Crippen LogP contribution in [0.25, 0.3) is 0 Å². The van der Waals surface area contributed by atoms with E-state index in [0.717, 1.165) is 23.9 Å². The molecule has 126 valence electrons. The lowest BCUT2D eigenvalue weighted by Crippen LogP contribution is -2.28. The van der Waals surface area contributed by atoms with Crippen LogP contribution >= 0.6 is 11.6 Å². The molecule has 0 aliphatic heterocycles. The van der Waals surface area contributed by atoms with Crippen molar-refractivity contribution in [3.63, 3.8) is 0 Å². The van der Waals surface area contributed by atoms with Gasteiger partial charge in [-0.05, 0) is 18.2 Å². The van der Waals surface area contributed by atoms with E-state index in [1.54, 1.807) is 24.3 Å². The Morgan fingerprint density at radius 3 is 2.75 bits per heavy atom. The third kappa shape index (κ3) is 4.11. The summed E-state index contributed by atoms with van der Waals surface area (Å²) in [6.45, 7) is 0.0685. The number of esters is 1. The number of nitrogens with zero attached hydrogens (tertiary/aromatic N) is 2. The van der Waals surface area contributed by atoms with Gasteiger partial charge < -0.3 is 14.0 Å². The molecule has 8 nitrogen and oxygen atoms in total. The Morgan fingerprint density at radius 2 is 2.12 bits per heavy atom. The summed E-state index contributed by atoms with van der Waals surface area (Å²) < 4.78 is 11.0. The van der Waals surface area contributed by atoms with Crippen molar-refractivity contribution in [1.29, 1.82) is 0 Å². The lowest BCUT2D eigenvalue weighted by Gasteiger charge is -2.09. The van der Waals surface area contributed by atoms with Crippen molar-refractivity contribution in [1.82, 2.24) is 4.57 Å². The van der Waals surface area contributed by atoms with Gasteiger partial charge in [-0.15, -0.1) is 0 Å². The van der Waals surface area contributed by atoms with E-state index >= 15 is 0 Å². The number of carbonyl (C=O) groups excluding carboxylic acids is 1. The first-order valence-corrected chi connectivity index (χ1v) is 7.15. The number of nitro groups is 1. The SMILES string of the molecule is COC(=O)c1cc([N+](=O)[O-])cn(CCOc2cccc(Cl)c2)c1=O. The average molecular weight is 353 g/mol. The van der Waals surface area contributed by atoms with E-state index in [-0.39, 0.29) is 13.2 Å². The molecule has 0 saturated carbocycles. The lowest BCUT2D eigenvalue weighted by atomic mass is 10.2. The second kappa shape index (κ2) is 7.60. The summed E-state index contributed by atoms with van der Waals surface area (Å²) in [4.78, 5) is 34.1. The minimum atomic E-state index is -0.937. The van der Waals surface area contributed by atoms with Crippen LogP contribution in [0.2, 0.25) is 5.02 Å². The minimum absolute atomic E-state index is 0.0109. The number of rotatable bonds is 6. The first-order chi connectivity index (χ1) is 11.4. The molecule has 24 heavy (non-hydrogen) atoms. The van der Waals surface area contributed by atoms with Gasteiger partial charge in [-0.1, -0.05) is 17.7 Å². The van der Waals surface area contributed by atoms with Crippen LogP contribution in [-0.4, -0.2) is 29.2 Å². The van der Waals surface area contributed by atoms with Crippen molar-refractivity contribution in [3.05, 3.63) is 67.6 Å². The first-order valence-electron chi connectivity index (χ1n) is 6.78. The van der Waals surface area contributed by atoms with Gasteiger partial charge in [0.05, 0.1) is 24.8 Å². The molecular weight excluding hydrogens is 340 g/mol. The van der Waals surface area contributed by atoms with E-state index < -0.39 is 27.7 Å². The van der Waals surface area contributed by atoms with Gasteiger partial charge in [-0.2, -0.15) is 0 Å². The molecule has 1 heterocycles. The summed E-state index contributed by atoms with van der Waals surface area (Å²) in [6, 6.07) is 7.55. The molecule has 0 N–H and O–H groups in total. The van der Waals surface area contributed by atoms with E-state index in [2.05, 4.69) is 4.74 Å². The number of benzene rings is 1. The lowest BCUT2D eigenvalue weighted by molar-refractivity contribution is -0.385. The molecule has 0 bridgehead atoms. The van der Waals surface area contributed by atoms with Crippen molar-refractivity contribution < 1.29 is 19.2 Å². The summed E-state index contributed by atoms with van der Waals surface area (Å²) in [5.74, 6) is -0.442. The number of hydrogen-bond donors (Lipinski definition) is 0. The Labute approximate surface area is 141 Å². The van der Waals surface area contributed by atoms with Crippen molar-refractivity contribution >= 4 is 23.3 Å².